The number of hydrazone groups is 1. The summed E-state index contributed by atoms with van der Waals surface area (Å²) >= 11 is 0. The van der Waals surface area contributed by atoms with Crippen molar-refractivity contribution in [3.63, 3.8) is 0 Å². The summed E-state index contributed by atoms with van der Waals surface area (Å²) in [5, 5.41) is 14.4. The molecule has 182 valence electrons. The number of benzene rings is 3. The van der Waals surface area contributed by atoms with E-state index in [0.717, 1.165) is 36.4 Å². The van der Waals surface area contributed by atoms with Crippen LogP contribution < -0.4 is 9.61 Å². The van der Waals surface area contributed by atoms with Crippen LogP contribution in [0.3, 0.4) is 0 Å². The molecule has 35 heavy (non-hydrogen) atoms. The summed E-state index contributed by atoms with van der Waals surface area (Å²) in [5.41, 5.74) is 1.70. The van der Waals surface area contributed by atoms with Gasteiger partial charge in [0.1, 0.15) is 10.6 Å². The normalized spacial score (nSPS) is 11.9. The Morgan fingerprint density at radius 1 is 1.06 bits per heavy atom. The summed E-state index contributed by atoms with van der Waals surface area (Å²) in [5.74, 6) is -0.663. The fourth-order valence-electron chi connectivity index (χ4n) is 2.78. The highest BCUT2D eigenvalue weighted by molar-refractivity contribution is 7.87. The van der Waals surface area contributed by atoms with Gasteiger partial charge in [-0.3, -0.25) is 14.9 Å². The van der Waals surface area contributed by atoms with E-state index in [1.807, 2.05) is 0 Å². The van der Waals surface area contributed by atoms with Gasteiger partial charge in [-0.05, 0) is 53.6 Å². The molecule has 0 aliphatic heterocycles. The van der Waals surface area contributed by atoms with Crippen LogP contribution in [0.5, 0.6) is 5.75 Å². The van der Waals surface area contributed by atoms with Crippen molar-refractivity contribution in [1.29, 1.82) is 0 Å². The van der Waals surface area contributed by atoms with Gasteiger partial charge in [0.15, 0.2) is 0 Å². The van der Waals surface area contributed by atoms with Crippen LogP contribution in [0.25, 0.3) is 0 Å². The van der Waals surface area contributed by atoms with E-state index in [0.29, 0.717) is 5.56 Å². The maximum atomic E-state index is 12.8. The van der Waals surface area contributed by atoms with Gasteiger partial charge in [-0.25, -0.2) is 5.43 Å². The van der Waals surface area contributed by atoms with Crippen molar-refractivity contribution in [3.05, 3.63) is 99.6 Å². The monoisotopic (exact) mass is 507 g/mol. The minimum atomic E-state index is -4.51. The summed E-state index contributed by atoms with van der Waals surface area (Å²) in [6.07, 6.45) is -3.57. The number of non-ortho nitro benzene ring substituents is 1. The first kappa shape index (κ1) is 25.4. The SMILES string of the molecule is O=C(Cc1cccc(C(F)(F)F)c1)N/N=C/c1ccc(OS(=O)(=O)c2ccc([N+](=O)[O-])cc2)cc1. The first-order chi connectivity index (χ1) is 16.4. The fourth-order valence-corrected chi connectivity index (χ4v) is 3.71. The molecule has 0 saturated heterocycles. The molecule has 9 nitrogen and oxygen atoms in total. The van der Waals surface area contributed by atoms with E-state index in [9.17, 15) is 36.5 Å². The number of alkyl halides is 3. The lowest BCUT2D eigenvalue weighted by molar-refractivity contribution is -0.384. The van der Waals surface area contributed by atoms with Gasteiger partial charge in [0.25, 0.3) is 5.69 Å². The predicted octanol–water partition coefficient (Wildman–Crippen LogP) is 4.07. The van der Waals surface area contributed by atoms with Gasteiger partial charge >= 0.3 is 16.3 Å². The maximum absolute atomic E-state index is 12.8. The summed E-state index contributed by atoms with van der Waals surface area (Å²) in [7, 11) is -4.22. The molecule has 1 N–H and O–H groups in total. The lowest BCUT2D eigenvalue weighted by Crippen LogP contribution is -2.20. The first-order valence-corrected chi connectivity index (χ1v) is 11.1. The average molecular weight is 507 g/mol. The third-order valence-corrected chi connectivity index (χ3v) is 5.71. The van der Waals surface area contributed by atoms with Crippen LogP contribution in [0.2, 0.25) is 0 Å². The van der Waals surface area contributed by atoms with Crippen molar-refractivity contribution in [2.75, 3.05) is 0 Å². The molecule has 0 aliphatic rings. The van der Waals surface area contributed by atoms with Crippen LogP contribution in [0.1, 0.15) is 16.7 Å². The molecule has 0 aromatic heterocycles. The topological polar surface area (TPSA) is 128 Å². The number of nitrogens with one attached hydrogen (secondary N) is 1. The number of halogens is 3. The molecule has 3 aromatic carbocycles. The van der Waals surface area contributed by atoms with E-state index in [1.165, 1.54) is 42.6 Å². The average Bonchev–Trinajstić information content (AvgIpc) is 2.80. The van der Waals surface area contributed by atoms with Crippen molar-refractivity contribution in [2.45, 2.75) is 17.5 Å². The Morgan fingerprint density at radius 3 is 2.31 bits per heavy atom. The third-order valence-electron chi connectivity index (χ3n) is 4.44. The maximum Gasteiger partial charge on any atom is 0.416 e. The molecule has 1 amide bonds. The number of nitrogens with zero attached hydrogens (tertiary/aromatic N) is 2. The lowest BCUT2D eigenvalue weighted by atomic mass is 10.1. The van der Waals surface area contributed by atoms with E-state index >= 15 is 0 Å². The van der Waals surface area contributed by atoms with Gasteiger partial charge in [-0.15, -0.1) is 0 Å². The molecular weight excluding hydrogens is 491 g/mol. The number of rotatable bonds is 8. The van der Waals surface area contributed by atoms with Crippen LogP contribution in [0.15, 0.2) is 82.8 Å². The number of hydrogen-bond donors (Lipinski definition) is 1. The van der Waals surface area contributed by atoms with Crippen molar-refractivity contribution >= 4 is 27.9 Å². The van der Waals surface area contributed by atoms with Crippen LogP contribution in [0.4, 0.5) is 18.9 Å². The van der Waals surface area contributed by atoms with Crippen molar-refractivity contribution < 1.29 is 35.5 Å². The van der Waals surface area contributed by atoms with Gasteiger partial charge < -0.3 is 4.18 Å². The smallest absolute Gasteiger partial charge is 0.379 e. The largest absolute Gasteiger partial charge is 0.416 e. The molecule has 3 rings (SSSR count). The van der Waals surface area contributed by atoms with Gasteiger partial charge in [0, 0.05) is 12.1 Å². The van der Waals surface area contributed by atoms with Crippen LogP contribution >= 0.6 is 0 Å². The lowest BCUT2D eigenvalue weighted by Gasteiger charge is -2.08. The molecule has 0 fully saturated rings. The van der Waals surface area contributed by atoms with Gasteiger partial charge in [0.2, 0.25) is 5.91 Å². The van der Waals surface area contributed by atoms with E-state index in [1.54, 1.807) is 0 Å². The molecule has 0 atom stereocenters. The minimum absolute atomic E-state index is 0.0333. The van der Waals surface area contributed by atoms with Crippen LogP contribution in [-0.4, -0.2) is 25.5 Å². The number of carbonyl (C=O) groups is 1. The van der Waals surface area contributed by atoms with E-state index in [4.69, 9.17) is 4.18 Å². The zero-order chi connectivity index (χ0) is 25.6. The number of nitro benzene ring substituents is 1. The molecular formula is C22H16F3N3O6S. The Kier molecular flexibility index (Phi) is 7.49. The predicted molar refractivity (Wildman–Crippen MR) is 118 cm³/mol. The fraction of sp³-hybridized carbons (Fsp3) is 0.0909. The van der Waals surface area contributed by atoms with Gasteiger partial charge in [-0.2, -0.15) is 26.7 Å². The highest BCUT2D eigenvalue weighted by Crippen LogP contribution is 2.29. The summed E-state index contributed by atoms with van der Waals surface area (Å²) < 4.78 is 67.9. The second-order valence-corrected chi connectivity index (χ2v) is 8.57. The summed E-state index contributed by atoms with van der Waals surface area (Å²) in [4.78, 5) is 21.7. The zero-order valence-electron chi connectivity index (χ0n) is 17.6. The van der Waals surface area contributed by atoms with Gasteiger partial charge in [0.05, 0.1) is 23.1 Å². The summed E-state index contributed by atoms with van der Waals surface area (Å²) in [6.45, 7) is 0. The van der Waals surface area contributed by atoms with E-state index in [2.05, 4.69) is 10.5 Å². The van der Waals surface area contributed by atoms with E-state index in [-0.39, 0.29) is 28.3 Å². The second-order valence-electron chi connectivity index (χ2n) is 7.03. The molecule has 0 aliphatic carbocycles. The summed E-state index contributed by atoms with van der Waals surface area (Å²) in [6, 6.07) is 14.1. The molecule has 0 spiro atoms. The Labute approximate surface area is 197 Å². The molecule has 3 aromatic rings. The second kappa shape index (κ2) is 10.3. The molecule has 13 heteroatoms. The highest BCUT2D eigenvalue weighted by atomic mass is 32.2. The van der Waals surface area contributed by atoms with Crippen LogP contribution in [0, 0.1) is 10.1 Å². The Bertz CT molecular complexity index is 1360. The van der Waals surface area contributed by atoms with Crippen molar-refractivity contribution in [1.82, 2.24) is 5.43 Å². The van der Waals surface area contributed by atoms with Gasteiger partial charge in [-0.1, -0.05) is 18.2 Å². The van der Waals surface area contributed by atoms with Crippen molar-refractivity contribution in [3.8, 4) is 5.75 Å². The Balaban J connectivity index is 1.56. The Morgan fingerprint density at radius 2 is 1.71 bits per heavy atom. The Hall–Kier alpha value is -4.26. The highest BCUT2D eigenvalue weighted by Gasteiger charge is 2.30. The standard InChI is InChI=1S/C22H16F3N3O6S/c23-22(24,25)17-3-1-2-16(12-17)13-21(29)27-26-14-15-4-8-19(9-5-15)34-35(32,33)20-10-6-18(7-11-20)28(30)31/h1-12,14H,13H2,(H,27,29)/b26-14+. The minimum Gasteiger partial charge on any atom is -0.379 e. The zero-order valence-corrected chi connectivity index (χ0v) is 18.4. The molecule has 0 bridgehead atoms. The third kappa shape index (κ3) is 7.11. The molecule has 0 saturated carbocycles. The number of amides is 1. The number of hydrogen-bond acceptors (Lipinski definition) is 7. The number of nitro groups is 1. The molecule has 0 radical (unpaired) electrons. The quantitative estimate of drug-likeness (QED) is 0.212. The molecule has 0 heterocycles. The molecule has 0 unspecified atom stereocenters. The van der Waals surface area contributed by atoms with E-state index < -0.39 is 32.7 Å². The number of carbonyl (C=O) groups excluding carboxylic acids is 1. The van der Waals surface area contributed by atoms with Crippen molar-refractivity contribution in [2.24, 2.45) is 5.10 Å². The first-order valence-electron chi connectivity index (χ1n) is 9.71. The van der Waals surface area contributed by atoms with Crippen LogP contribution in [-0.2, 0) is 27.5 Å².